The van der Waals surface area contributed by atoms with Gasteiger partial charge in [-0.3, -0.25) is 0 Å². The van der Waals surface area contributed by atoms with E-state index in [1.165, 1.54) is 12.1 Å². The van der Waals surface area contributed by atoms with Crippen molar-refractivity contribution in [3.05, 3.63) is 59.4 Å². The number of nitrogens with two attached hydrogens (primary N) is 1. The maximum absolute atomic E-state index is 13.0. The van der Waals surface area contributed by atoms with Crippen molar-refractivity contribution in [1.29, 1.82) is 0 Å². The van der Waals surface area contributed by atoms with Crippen LogP contribution >= 0.6 is 0 Å². The zero-order chi connectivity index (χ0) is 12.3. The molecule has 0 spiro atoms. The van der Waals surface area contributed by atoms with E-state index in [-0.39, 0.29) is 11.9 Å². The number of nitrogens with zero attached hydrogens (tertiary/aromatic N) is 2. The summed E-state index contributed by atoms with van der Waals surface area (Å²) >= 11 is 0. The van der Waals surface area contributed by atoms with Crippen molar-refractivity contribution in [3.8, 4) is 0 Å². The number of halogens is 1. The van der Waals surface area contributed by atoms with Crippen molar-refractivity contribution in [2.75, 3.05) is 0 Å². The predicted octanol–water partition coefficient (Wildman–Crippen LogP) is 2.17. The van der Waals surface area contributed by atoms with E-state index in [0.717, 1.165) is 11.1 Å². The summed E-state index contributed by atoms with van der Waals surface area (Å²) in [5.74, 6) is 0.333. The van der Waals surface area contributed by atoms with E-state index in [0.29, 0.717) is 12.2 Å². The Morgan fingerprint density at radius 2 is 2.00 bits per heavy atom. The van der Waals surface area contributed by atoms with Crippen molar-refractivity contribution in [2.45, 2.75) is 19.4 Å². The predicted molar refractivity (Wildman–Crippen MR) is 63.8 cm³/mol. The first-order chi connectivity index (χ1) is 8.15. The lowest BCUT2D eigenvalue weighted by molar-refractivity contribution is 0.618. The summed E-state index contributed by atoms with van der Waals surface area (Å²) in [4.78, 5) is 8.33. The van der Waals surface area contributed by atoms with Crippen LogP contribution in [0.1, 0.15) is 23.0 Å². The number of hydrogen-bond acceptors (Lipinski definition) is 3. The fraction of sp³-hybridized carbons (Fsp3) is 0.231. The average molecular weight is 231 g/mol. The second-order valence-corrected chi connectivity index (χ2v) is 4.06. The number of rotatable bonds is 3. The fourth-order valence-corrected chi connectivity index (χ4v) is 1.60. The highest BCUT2D eigenvalue weighted by molar-refractivity contribution is 5.18. The van der Waals surface area contributed by atoms with Gasteiger partial charge in [-0.2, -0.15) is 0 Å². The molecule has 88 valence electrons. The third kappa shape index (κ3) is 3.07. The van der Waals surface area contributed by atoms with Gasteiger partial charge in [-0.25, -0.2) is 14.4 Å². The van der Waals surface area contributed by atoms with Crippen molar-refractivity contribution in [1.82, 2.24) is 9.97 Å². The van der Waals surface area contributed by atoms with Crippen LogP contribution in [0.4, 0.5) is 4.39 Å². The minimum Gasteiger partial charge on any atom is -0.321 e. The largest absolute Gasteiger partial charge is 0.321 e. The van der Waals surface area contributed by atoms with E-state index in [2.05, 4.69) is 9.97 Å². The number of aryl methyl sites for hydroxylation is 1. The molecule has 0 amide bonds. The normalized spacial score (nSPS) is 12.4. The van der Waals surface area contributed by atoms with Gasteiger partial charge in [0.1, 0.15) is 11.6 Å². The maximum Gasteiger partial charge on any atom is 0.145 e. The van der Waals surface area contributed by atoms with Crippen LogP contribution in [0.15, 0.2) is 36.7 Å². The molecule has 2 aromatic rings. The molecule has 0 aliphatic carbocycles. The molecule has 3 nitrogen and oxygen atoms in total. The number of benzene rings is 1. The van der Waals surface area contributed by atoms with E-state index in [9.17, 15) is 4.39 Å². The summed E-state index contributed by atoms with van der Waals surface area (Å²) in [5, 5.41) is 0. The van der Waals surface area contributed by atoms with E-state index >= 15 is 0 Å². The quantitative estimate of drug-likeness (QED) is 0.880. The standard InChI is InChI=1S/C13H14FN3/c1-9-7-16-13(17-8-9)12(15)6-10-3-2-4-11(14)5-10/h2-5,7-8,12H,6,15H2,1H3. The molecule has 0 saturated carbocycles. The minimum atomic E-state index is -0.308. The Balaban J connectivity index is 2.11. The highest BCUT2D eigenvalue weighted by atomic mass is 19.1. The van der Waals surface area contributed by atoms with Gasteiger partial charge in [0, 0.05) is 12.4 Å². The molecular weight excluding hydrogens is 217 g/mol. The zero-order valence-corrected chi connectivity index (χ0v) is 9.60. The van der Waals surface area contributed by atoms with Gasteiger partial charge >= 0.3 is 0 Å². The molecule has 1 aromatic heterocycles. The highest BCUT2D eigenvalue weighted by Crippen LogP contribution is 2.13. The van der Waals surface area contributed by atoms with E-state index in [1.807, 2.05) is 13.0 Å². The van der Waals surface area contributed by atoms with Gasteiger partial charge < -0.3 is 5.73 Å². The molecule has 0 radical (unpaired) electrons. The van der Waals surface area contributed by atoms with Gasteiger partial charge in [0.05, 0.1) is 6.04 Å². The van der Waals surface area contributed by atoms with Crippen molar-refractivity contribution < 1.29 is 4.39 Å². The molecular formula is C13H14FN3. The van der Waals surface area contributed by atoms with Crippen LogP contribution in [-0.4, -0.2) is 9.97 Å². The fourth-order valence-electron chi connectivity index (χ4n) is 1.60. The molecule has 4 heteroatoms. The first-order valence-electron chi connectivity index (χ1n) is 5.44. The minimum absolute atomic E-state index is 0.250. The van der Waals surface area contributed by atoms with Crippen LogP contribution < -0.4 is 5.73 Å². The molecule has 17 heavy (non-hydrogen) atoms. The first kappa shape index (κ1) is 11.7. The van der Waals surface area contributed by atoms with E-state index in [4.69, 9.17) is 5.73 Å². The number of aromatic nitrogens is 2. The lowest BCUT2D eigenvalue weighted by atomic mass is 10.1. The molecule has 1 unspecified atom stereocenters. The van der Waals surface area contributed by atoms with Gasteiger partial charge in [0.25, 0.3) is 0 Å². The Morgan fingerprint density at radius 3 is 2.65 bits per heavy atom. The molecule has 0 bridgehead atoms. The Morgan fingerprint density at radius 1 is 1.29 bits per heavy atom. The van der Waals surface area contributed by atoms with Gasteiger partial charge in [-0.05, 0) is 36.6 Å². The van der Waals surface area contributed by atoms with Gasteiger partial charge in [0.15, 0.2) is 0 Å². The Hall–Kier alpha value is -1.81. The second kappa shape index (κ2) is 5.01. The lowest BCUT2D eigenvalue weighted by Crippen LogP contribution is -2.16. The van der Waals surface area contributed by atoms with Gasteiger partial charge in [-0.15, -0.1) is 0 Å². The second-order valence-electron chi connectivity index (χ2n) is 4.06. The lowest BCUT2D eigenvalue weighted by Gasteiger charge is -2.10. The Kier molecular flexibility index (Phi) is 3.44. The van der Waals surface area contributed by atoms with Crippen LogP contribution in [0.2, 0.25) is 0 Å². The molecule has 0 aliphatic rings. The molecule has 2 rings (SSSR count). The van der Waals surface area contributed by atoms with Crippen LogP contribution in [0.5, 0.6) is 0 Å². The maximum atomic E-state index is 13.0. The topological polar surface area (TPSA) is 51.8 Å². The third-order valence-corrected chi connectivity index (χ3v) is 2.48. The molecule has 0 fully saturated rings. The van der Waals surface area contributed by atoms with Crippen molar-refractivity contribution in [2.24, 2.45) is 5.73 Å². The van der Waals surface area contributed by atoms with E-state index < -0.39 is 0 Å². The summed E-state index contributed by atoms with van der Waals surface area (Å²) in [6, 6.07) is 6.10. The molecule has 0 aliphatic heterocycles. The monoisotopic (exact) mass is 231 g/mol. The molecule has 1 aromatic carbocycles. The zero-order valence-electron chi connectivity index (χ0n) is 9.60. The third-order valence-electron chi connectivity index (χ3n) is 2.48. The van der Waals surface area contributed by atoms with Crippen LogP contribution in [-0.2, 0) is 6.42 Å². The SMILES string of the molecule is Cc1cnc(C(N)Cc2cccc(F)c2)nc1. The van der Waals surface area contributed by atoms with Crippen LogP contribution in [0.3, 0.4) is 0 Å². The smallest absolute Gasteiger partial charge is 0.145 e. The van der Waals surface area contributed by atoms with Crippen molar-refractivity contribution in [3.63, 3.8) is 0 Å². The molecule has 1 atom stereocenters. The van der Waals surface area contributed by atoms with Crippen LogP contribution in [0, 0.1) is 12.7 Å². The molecule has 1 heterocycles. The van der Waals surface area contributed by atoms with Gasteiger partial charge in [-0.1, -0.05) is 12.1 Å². The van der Waals surface area contributed by atoms with Crippen molar-refractivity contribution >= 4 is 0 Å². The number of hydrogen-bond donors (Lipinski definition) is 1. The average Bonchev–Trinajstić information content (AvgIpc) is 2.29. The summed E-state index contributed by atoms with van der Waals surface area (Å²) in [6.07, 6.45) is 3.99. The Labute approximate surface area is 99.5 Å². The molecule has 0 saturated heterocycles. The summed E-state index contributed by atoms with van der Waals surface area (Å²) in [6.45, 7) is 1.92. The highest BCUT2D eigenvalue weighted by Gasteiger charge is 2.10. The first-order valence-corrected chi connectivity index (χ1v) is 5.44. The molecule has 2 N–H and O–H groups in total. The summed E-state index contributed by atoms with van der Waals surface area (Å²) < 4.78 is 13.0. The van der Waals surface area contributed by atoms with Crippen LogP contribution in [0.25, 0.3) is 0 Å². The summed E-state index contributed by atoms with van der Waals surface area (Å²) in [5.41, 5.74) is 7.82. The van der Waals surface area contributed by atoms with E-state index in [1.54, 1.807) is 18.5 Å². The van der Waals surface area contributed by atoms with Gasteiger partial charge in [0.2, 0.25) is 0 Å². The Bertz CT molecular complexity index is 496. The summed E-state index contributed by atoms with van der Waals surface area (Å²) in [7, 11) is 0.